The Balaban J connectivity index is 1.53. The molecule has 0 saturated heterocycles. The van der Waals surface area contributed by atoms with E-state index >= 15 is 0 Å². The van der Waals surface area contributed by atoms with Gasteiger partial charge in [-0.05, 0) is 42.7 Å². The van der Waals surface area contributed by atoms with Crippen molar-refractivity contribution >= 4 is 12.0 Å². The Morgan fingerprint density at radius 2 is 2.04 bits per heavy atom. The van der Waals surface area contributed by atoms with E-state index in [1.165, 1.54) is 12.1 Å². The molecule has 0 atom stereocenters. The molecule has 28 heavy (non-hydrogen) atoms. The number of hydrogen-bond acceptors (Lipinski definition) is 4. The monoisotopic (exact) mass is 383 g/mol. The standard InChI is InChI=1S/C22H22FNO4/c1-26-19-12-15(13-20-22(19)28-11-10-27-20)6-9-21(25)24(17-7-8-17)14-16-4-2-3-5-18(16)23/h2-6,9,12-13,17H,7-8,10-11,14H2,1H3/b9-6+. The predicted octanol–water partition coefficient (Wildman–Crippen LogP) is 3.81. The topological polar surface area (TPSA) is 48.0 Å². The predicted molar refractivity (Wildman–Crippen MR) is 103 cm³/mol. The van der Waals surface area contributed by atoms with Gasteiger partial charge in [0.2, 0.25) is 11.7 Å². The summed E-state index contributed by atoms with van der Waals surface area (Å²) in [5.41, 5.74) is 1.30. The number of methoxy groups -OCH3 is 1. The highest BCUT2D eigenvalue weighted by atomic mass is 19.1. The molecule has 1 amide bonds. The van der Waals surface area contributed by atoms with Gasteiger partial charge in [-0.3, -0.25) is 4.79 Å². The molecule has 0 N–H and O–H groups in total. The molecular formula is C22H22FNO4. The van der Waals surface area contributed by atoms with Crippen LogP contribution in [0.2, 0.25) is 0 Å². The zero-order valence-electron chi connectivity index (χ0n) is 15.7. The van der Waals surface area contributed by atoms with Crippen LogP contribution in [0.5, 0.6) is 17.2 Å². The number of carbonyl (C=O) groups excluding carboxylic acids is 1. The molecule has 4 rings (SSSR count). The average molecular weight is 383 g/mol. The molecular weight excluding hydrogens is 361 g/mol. The molecule has 1 heterocycles. The molecule has 1 aliphatic heterocycles. The molecule has 2 aromatic rings. The molecule has 0 unspecified atom stereocenters. The third kappa shape index (κ3) is 3.96. The van der Waals surface area contributed by atoms with Gasteiger partial charge in [-0.15, -0.1) is 0 Å². The first-order valence-electron chi connectivity index (χ1n) is 9.35. The molecule has 0 bridgehead atoms. The molecule has 0 aromatic heterocycles. The molecule has 0 spiro atoms. The van der Waals surface area contributed by atoms with Crippen LogP contribution in [0.15, 0.2) is 42.5 Å². The lowest BCUT2D eigenvalue weighted by Gasteiger charge is -2.22. The van der Waals surface area contributed by atoms with Gasteiger partial charge in [-0.25, -0.2) is 4.39 Å². The first kappa shape index (κ1) is 18.3. The van der Waals surface area contributed by atoms with Crippen LogP contribution < -0.4 is 14.2 Å². The quantitative estimate of drug-likeness (QED) is 0.712. The summed E-state index contributed by atoms with van der Waals surface area (Å²) in [6.07, 6.45) is 5.14. The van der Waals surface area contributed by atoms with Gasteiger partial charge < -0.3 is 19.1 Å². The van der Waals surface area contributed by atoms with Crippen LogP contribution in [0, 0.1) is 5.82 Å². The highest BCUT2D eigenvalue weighted by Gasteiger charge is 2.32. The highest BCUT2D eigenvalue weighted by molar-refractivity contribution is 5.92. The summed E-state index contributed by atoms with van der Waals surface area (Å²) in [7, 11) is 1.56. The van der Waals surface area contributed by atoms with E-state index in [-0.39, 0.29) is 24.3 Å². The fourth-order valence-corrected chi connectivity index (χ4v) is 3.24. The van der Waals surface area contributed by atoms with Gasteiger partial charge in [0.1, 0.15) is 19.0 Å². The van der Waals surface area contributed by atoms with Crippen molar-refractivity contribution in [2.45, 2.75) is 25.4 Å². The molecule has 146 valence electrons. The maximum Gasteiger partial charge on any atom is 0.247 e. The van der Waals surface area contributed by atoms with Gasteiger partial charge >= 0.3 is 0 Å². The molecule has 1 saturated carbocycles. The number of fused-ring (bicyclic) bond motifs is 1. The Morgan fingerprint density at radius 1 is 1.25 bits per heavy atom. The van der Waals surface area contributed by atoms with Crippen molar-refractivity contribution in [1.82, 2.24) is 4.90 Å². The van der Waals surface area contributed by atoms with Crippen molar-refractivity contribution in [2.75, 3.05) is 20.3 Å². The van der Waals surface area contributed by atoms with Gasteiger partial charge in [-0.1, -0.05) is 18.2 Å². The van der Waals surface area contributed by atoms with Crippen LogP contribution in [0.3, 0.4) is 0 Å². The smallest absolute Gasteiger partial charge is 0.247 e. The van der Waals surface area contributed by atoms with Crippen LogP contribution in [0.4, 0.5) is 4.39 Å². The van der Waals surface area contributed by atoms with E-state index < -0.39 is 0 Å². The zero-order chi connectivity index (χ0) is 19.5. The highest BCUT2D eigenvalue weighted by Crippen LogP contribution is 2.40. The largest absolute Gasteiger partial charge is 0.493 e. The Hall–Kier alpha value is -3.02. The average Bonchev–Trinajstić information content (AvgIpc) is 3.56. The summed E-state index contributed by atoms with van der Waals surface area (Å²) < 4.78 is 30.6. The second-order valence-electron chi connectivity index (χ2n) is 6.87. The van der Waals surface area contributed by atoms with Crippen molar-refractivity contribution in [3.8, 4) is 17.2 Å². The fraction of sp³-hybridized carbons (Fsp3) is 0.318. The van der Waals surface area contributed by atoms with Crippen molar-refractivity contribution in [2.24, 2.45) is 0 Å². The summed E-state index contributed by atoms with van der Waals surface area (Å²) in [6.45, 7) is 1.22. The summed E-state index contributed by atoms with van der Waals surface area (Å²) in [5, 5.41) is 0. The Bertz CT molecular complexity index is 890. The van der Waals surface area contributed by atoms with Gasteiger partial charge in [0.15, 0.2) is 11.5 Å². The number of amides is 1. The summed E-state index contributed by atoms with van der Waals surface area (Å²) >= 11 is 0. The third-order valence-corrected chi connectivity index (χ3v) is 4.84. The number of benzene rings is 2. The van der Waals surface area contributed by atoms with Crippen LogP contribution in [0.1, 0.15) is 24.0 Å². The molecule has 1 fully saturated rings. The minimum Gasteiger partial charge on any atom is -0.493 e. The Morgan fingerprint density at radius 3 is 2.79 bits per heavy atom. The Labute approximate surface area is 163 Å². The number of rotatable bonds is 6. The molecule has 2 aliphatic rings. The third-order valence-electron chi connectivity index (χ3n) is 4.84. The number of hydrogen-bond donors (Lipinski definition) is 0. The fourth-order valence-electron chi connectivity index (χ4n) is 3.24. The summed E-state index contributed by atoms with van der Waals surface area (Å²) in [4.78, 5) is 14.5. The lowest BCUT2D eigenvalue weighted by atomic mass is 10.1. The normalized spacial score (nSPS) is 15.5. The molecule has 1 aliphatic carbocycles. The second-order valence-corrected chi connectivity index (χ2v) is 6.87. The van der Waals surface area contributed by atoms with Crippen molar-refractivity contribution in [3.63, 3.8) is 0 Å². The van der Waals surface area contributed by atoms with Crippen molar-refractivity contribution in [1.29, 1.82) is 0 Å². The number of carbonyl (C=O) groups is 1. The van der Waals surface area contributed by atoms with E-state index in [9.17, 15) is 9.18 Å². The van der Waals surface area contributed by atoms with Crippen LogP contribution in [-0.4, -0.2) is 37.2 Å². The second kappa shape index (κ2) is 7.92. The van der Waals surface area contributed by atoms with E-state index in [2.05, 4.69) is 0 Å². The summed E-state index contributed by atoms with van der Waals surface area (Å²) in [6, 6.07) is 10.4. The lowest BCUT2D eigenvalue weighted by Crippen LogP contribution is -2.31. The van der Waals surface area contributed by atoms with E-state index in [0.717, 1.165) is 18.4 Å². The van der Waals surface area contributed by atoms with Gasteiger partial charge in [0, 0.05) is 24.2 Å². The first-order valence-corrected chi connectivity index (χ1v) is 9.35. The van der Waals surface area contributed by atoms with E-state index in [1.54, 1.807) is 42.4 Å². The minimum absolute atomic E-state index is 0.139. The molecule has 2 aromatic carbocycles. The van der Waals surface area contributed by atoms with E-state index in [4.69, 9.17) is 14.2 Å². The van der Waals surface area contributed by atoms with Gasteiger partial charge in [0.25, 0.3) is 0 Å². The number of ether oxygens (including phenoxy) is 3. The molecule has 6 heteroatoms. The Kier molecular flexibility index (Phi) is 5.19. The minimum atomic E-state index is -0.290. The molecule has 5 nitrogen and oxygen atoms in total. The van der Waals surface area contributed by atoms with Gasteiger partial charge in [0.05, 0.1) is 7.11 Å². The summed E-state index contributed by atoms with van der Waals surface area (Å²) in [5.74, 6) is 1.32. The van der Waals surface area contributed by atoms with Gasteiger partial charge in [-0.2, -0.15) is 0 Å². The van der Waals surface area contributed by atoms with Crippen molar-refractivity contribution in [3.05, 3.63) is 59.4 Å². The zero-order valence-corrected chi connectivity index (χ0v) is 15.7. The van der Waals surface area contributed by atoms with Crippen LogP contribution in [-0.2, 0) is 11.3 Å². The van der Waals surface area contributed by atoms with Crippen molar-refractivity contribution < 1.29 is 23.4 Å². The van der Waals surface area contributed by atoms with Crippen LogP contribution in [0.25, 0.3) is 6.08 Å². The molecule has 0 radical (unpaired) electrons. The lowest BCUT2D eigenvalue weighted by molar-refractivity contribution is -0.127. The van der Waals surface area contributed by atoms with Crippen LogP contribution >= 0.6 is 0 Å². The first-order chi connectivity index (χ1) is 13.7. The SMILES string of the molecule is COc1cc(/C=C/C(=O)N(Cc2ccccc2F)C2CC2)cc2c1OCCO2. The number of halogens is 1. The maximum absolute atomic E-state index is 14.0. The van der Waals surface area contributed by atoms with E-state index in [1.807, 2.05) is 6.07 Å². The maximum atomic E-state index is 14.0. The number of nitrogens with zero attached hydrogens (tertiary/aromatic N) is 1. The van der Waals surface area contributed by atoms with E-state index in [0.29, 0.717) is 36.0 Å².